The summed E-state index contributed by atoms with van der Waals surface area (Å²) in [5, 5.41) is 2.61. The third kappa shape index (κ3) is 2.25. The number of oxazole rings is 1. The monoisotopic (exact) mass is 217 g/mol. The molecule has 0 saturated heterocycles. The fourth-order valence-electron chi connectivity index (χ4n) is 1.24. The van der Waals surface area contributed by atoms with Crippen molar-refractivity contribution in [2.24, 2.45) is 0 Å². The summed E-state index contributed by atoms with van der Waals surface area (Å²) >= 11 is 0. The van der Waals surface area contributed by atoms with E-state index >= 15 is 0 Å². The van der Waals surface area contributed by atoms with Gasteiger partial charge in [0.25, 0.3) is 5.89 Å². The van der Waals surface area contributed by atoms with Crippen molar-refractivity contribution in [3.63, 3.8) is 0 Å². The van der Waals surface area contributed by atoms with Crippen molar-refractivity contribution in [1.29, 1.82) is 0 Å². The Bertz CT molecular complexity index is 519. The number of pyridine rings is 1. The summed E-state index contributed by atoms with van der Waals surface area (Å²) in [7, 11) is 0. The Balaban J connectivity index is 2.13. The number of carbonyl (C=O) groups is 1. The standard InChI is InChI=1S/C11H11N3O2/c1-7-4-3-5-9(13-7)14-10(15)11-12-6-8(2)16-11/h3-6H,1-2H3,(H,13,14,15). The van der Waals surface area contributed by atoms with Crippen molar-refractivity contribution in [1.82, 2.24) is 9.97 Å². The predicted molar refractivity (Wildman–Crippen MR) is 58.2 cm³/mol. The number of nitrogens with zero attached hydrogens (tertiary/aromatic N) is 2. The van der Waals surface area contributed by atoms with Crippen molar-refractivity contribution in [2.75, 3.05) is 5.32 Å². The van der Waals surface area contributed by atoms with Crippen molar-refractivity contribution in [3.8, 4) is 0 Å². The quantitative estimate of drug-likeness (QED) is 0.834. The van der Waals surface area contributed by atoms with Crippen molar-refractivity contribution < 1.29 is 9.21 Å². The van der Waals surface area contributed by atoms with Crippen molar-refractivity contribution in [2.45, 2.75) is 13.8 Å². The molecule has 1 N–H and O–H groups in total. The number of amides is 1. The highest BCUT2D eigenvalue weighted by Crippen LogP contribution is 2.07. The molecule has 2 aromatic rings. The van der Waals surface area contributed by atoms with Gasteiger partial charge >= 0.3 is 5.91 Å². The van der Waals surface area contributed by atoms with E-state index in [9.17, 15) is 4.79 Å². The van der Waals surface area contributed by atoms with Crippen molar-refractivity contribution in [3.05, 3.63) is 41.7 Å². The molecule has 0 aliphatic carbocycles. The lowest BCUT2D eigenvalue weighted by atomic mass is 10.4. The SMILES string of the molecule is Cc1cccc(NC(=O)c2ncc(C)o2)n1. The zero-order chi connectivity index (χ0) is 11.5. The van der Waals surface area contributed by atoms with Crippen molar-refractivity contribution >= 4 is 11.7 Å². The van der Waals surface area contributed by atoms with Crippen LogP contribution in [-0.4, -0.2) is 15.9 Å². The highest BCUT2D eigenvalue weighted by molar-refractivity contribution is 6.00. The molecule has 5 heteroatoms. The molecule has 0 spiro atoms. The molecular weight excluding hydrogens is 206 g/mol. The predicted octanol–water partition coefficient (Wildman–Crippen LogP) is 1.94. The van der Waals surface area contributed by atoms with Gasteiger partial charge in [-0.2, -0.15) is 0 Å². The van der Waals surface area contributed by atoms with Gasteiger partial charge in [-0.15, -0.1) is 0 Å². The number of carbonyl (C=O) groups excluding carboxylic acids is 1. The van der Waals surface area contributed by atoms with E-state index in [4.69, 9.17) is 4.42 Å². The van der Waals surface area contributed by atoms with E-state index in [2.05, 4.69) is 15.3 Å². The van der Waals surface area contributed by atoms with E-state index in [0.29, 0.717) is 11.6 Å². The molecule has 0 aromatic carbocycles. The van der Waals surface area contributed by atoms with Crippen LogP contribution in [0.4, 0.5) is 5.82 Å². The molecule has 0 radical (unpaired) electrons. The van der Waals surface area contributed by atoms with E-state index in [1.54, 1.807) is 13.0 Å². The second-order valence-electron chi connectivity index (χ2n) is 3.39. The summed E-state index contributed by atoms with van der Waals surface area (Å²) < 4.78 is 5.10. The highest BCUT2D eigenvalue weighted by atomic mass is 16.4. The molecule has 82 valence electrons. The number of anilines is 1. The van der Waals surface area contributed by atoms with E-state index in [0.717, 1.165) is 5.69 Å². The molecular formula is C11H11N3O2. The maximum Gasteiger partial charge on any atom is 0.312 e. The first-order valence-corrected chi connectivity index (χ1v) is 4.82. The Kier molecular flexibility index (Phi) is 2.68. The third-order valence-electron chi connectivity index (χ3n) is 1.95. The van der Waals surface area contributed by atoms with Crippen LogP contribution in [-0.2, 0) is 0 Å². The average molecular weight is 217 g/mol. The molecule has 0 aliphatic heterocycles. The second-order valence-corrected chi connectivity index (χ2v) is 3.39. The fraction of sp³-hybridized carbons (Fsp3) is 0.182. The van der Waals surface area contributed by atoms with Crippen LogP contribution in [0.15, 0.2) is 28.8 Å². The number of aromatic nitrogens is 2. The van der Waals surface area contributed by atoms with Gasteiger partial charge in [0.2, 0.25) is 0 Å². The molecule has 0 atom stereocenters. The lowest BCUT2D eigenvalue weighted by molar-refractivity contribution is 0.0988. The third-order valence-corrected chi connectivity index (χ3v) is 1.95. The molecule has 0 unspecified atom stereocenters. The molecule has 2 rings (SSSR count). The van der Waals surface area contributed by atoms with Crippen LogP contribution >= 0.6 is 0 Å². The maximum atomic E-state index is 11.6. The second kappa shape index (κ2) is 4.14. The molecule has 2 heterocycles. The number of aryl methyl sites for hydroxylation is 2. The van der Waals surface area contributed by atoms with Gasteiger partial charge in [-0.3, -0.25) is 4.79 Å². The molecule has 1 amide bonds. The molecule has 5 nitrogen and oxygen atoms in total. The zero-order valence-electron chi connectivity index (χ0n) is 9.02. The first-order valence-electron chi connectivity index (χ1n) is 4.82. The molecule has 0 bridgehead atoms. The zero-order valence-corrected chi connectivity index (χ0v) is 9.02. The topological polar surface area (TPSA) is 68.0 Å². The van der Waals surface area contributed by atoms with E-state index in [-0.39, 0.29) is 5.89 Å². The Morgan fingerprint density at radius 3 is 2.81 bits per heavy atom. The fourth-order valence-corrected chi connectivity index (χ4v) is 1.24. The van der Waals surface area contributed by atoms with Crippen LogP contribution in [0, 0.1) is 13.8 Å². The molecule has 0 aliphatic rings. The largest absolute Gasteiger partial charge is 0.438 e. The van der Waals surface area contributed by atoms with Crippen LogP contribution in [0.3, 0.4) is 0 Å². The van der Waals surface area contributed by atoms with Gasteiger partial charge in [-0.25, -0.2) is 9.97 Å². The molecule has 2 aromatic heterocycles. The van der Waals surface area contributed by atoms with Gasteiger partial charge in [0.1, 0.15) is 11.6 Å². The van der Waals surface area contributed by atoms with Gasteiger partial charge in [-0.1, -0.05) is 6.07 Å². The number of rotatable bonds is 2. The number of nitrogens with one attached hydrogen (secondary N) is 1. The Morgan fingerprint density at radius 2 is 2.19 bits per heavy atom. The van der Waals surface area contributed by atoms with E-state index in [1.807, 2.05) is 19.1 Å². The lowest BCUT2D eigenvalue weighted by Crippen LogP contribution is -2.13. The highest BCUT2D eigenvalue weighted by Gasteiger charge is 2.12. The van der Waals surface area contributed by atoms with Gasteiger partial charge < -0.3 is 9.73 Å². The van der Waals surface area contributed by atoms with Crippen LogP contribution in [0.25, 0.3) is 0 Å². The first-order chi connectivity index (χ1) is 7.65. The normalized spacial score (nSPS) is 10.1. The Labute approximate surface area is 92.5 Å². The summed E-state index contributed by atoms with van der Waals surface area (Å²) in [6, 6.07) is 5.38. The minimum absolute atomic E-state index is 0.0424. The number of hydrogen-bond acceptors (Lipinski definition) is 4. The van der Waals surface area contributed by atoms with E-state index in [1.165, 1.54) is 6.20 Å². The maximum absolute atomic E-state index is 11.6. The number of hydrogen-bond donors (Lipinski definition) is 1. The smallest absolute Gasteiger partial charge is 0.312 e. The molecule has 0 saturated carbocycles. The minimum atomic E-state index is -0.397. The average Bonchev–Trinajstić information content (AvgIpc) is 2.65. The summed E-state index contributed by atoms with van der Waals surface area (Å²) in [5.74, 6) is 0.732. The van der Waals surface area contributed by atoms with Gasteiger partial charge in [-0.05, 0) is 26.0 Å². The Hall–Kier alpha value is -2.17. The Morgan fingerprint density at radius 1 is 1.38 bits per heavy atom. The van der Waals surface area contributed by atoms with Gasteiger partial charge in [0, 0.05) is 5.69 Å². The van der Waals surface area contributed by atoms with Crippen LogP contribution in [0.2, 0.25) is 0 Å². The summed E-state index contributed by atoms with van der Waals surface area (Å²) in [5.41, 5.74) is 0.835. The summed E-state index contributed by atoms with van der Waals surface area (Å²) in [6.45, 7) is 3.58. The van der Waals surface area contributed by atoms with Crippen LogP contribution < -0.4 is 5.32 Å². The van der Waals surface area contributed by atoms with E-state index < -0.39 is 5.91 Å². The van der Waals surface area contributed by atoms with Crippen LogP contribution in [0.1, 0.15) is 22.1 Å². The van der Waals surface area contributed by atoms with Gasteiger partial charge in [0.15, 0.2) is 0 Å². The lowest BCUT2D eigenvalue weighted by Gasteiger charge is -2.01. The minimum Gasteiger partial charge on any atom is -0.438 e. The molecule has 0 fully saturated rings. The summed E-state index contributed by atoms with van der Waals surface area (Å²) in [4.78, 5) is 19.6. The first kappa shape index (κ1) is 10.4. The molecule has 16 heavy (non-hydrogen) atoms. The van der Waals surface area contributed by atoms with Crippen LogP contribution in [0.5, 0.6) is 0 Å². The summed E-state index contributed by atoms with van der Waals surface area (Å²) in [6.07, 6.45) is 1.50. The van der Waals surface area contributed by atoms with Gasteiger partial charge in [0.05, 0.1) is 6.20 Å².